The normalized spacial score (nSPS) is 10.9. The number of phenols is 1. The van der Waals surface area contributed by atoms with Crippen molar-refractivity contribution in [1.82, 2.24) is 10.4 Å². The zero-order valence-electron chi connectivity index (χ0n) is 15.1. The summed E-state index contributed by atoms with van der Waals surface area (Å²) in [5.74, 6) is 0.587. The number of hydrazone groups is 1. The number of benzene rings is 2. The molecule has 0 unspecified atom stereocenters. The first-order valence-corrected chi connectivity index (χ1v) is 9.60. The van der Waals surface area contributed by atoms with Gasteiger partial charge in [0.25, 0.3) is 5.91 Å². The minimum atomic E-state index is -0.400. The quantitative estimate of drug-likeness (QED) is 0.300. The lowest BCUT2D eigenvalue weighted by Crippen LogP contribution is -2.24. The number of ether oxygens (including phenoxy) is 2. The molecule has 2 aromatic carbocycles. The van der Waals surface area contributed by atoms with Crippen molar-refractivity contribution in [2.75, 3.05) is 13.2 Å². The molecular formula is C20H18IN3O4. The van der Waals surface area contributed by atoms with Gasteiger partial charge >= 0.3 is 0 Å². The summed E-state index contributed by atoms with van der Waals surface area (Å²) >= 11 is 2.00. The number of aromatic hydroxyl groups is 1. The van der Waals surface area contributed by atoms with Crippen LogP contribution in [0.15, 0.2) is 53.8 Å². The van der Waals surface area contributed by atoms with Gasteiger partial charge in [0, 0.05) is 11.6 Å². The van der Waals surface area contributed by atoms with Crippen molar-refractivity contribution in [3.05, 3.63) is 57.8 Å². The molecule has 8 heteroatoms. The van der Waals surface area contributed by atoms with Crippen molar-refractivity contribution in [3.63, 3.8) is 0 Å². The van der Waals surface area contributed by atoms with E-state index in [0.717, 1.165) is 5.39 Å². The number of carbonyl (C=O) groups is 1. The molecule has 1 heterocycles. The molecular weight excluding hydrogens is 473 g/mol. The molecule has 0 saturated carbocycles. The third kappa shape index (κ3) is 4.89. The Morgan fingerprint density at radius 1 is 1.25 bits per heavy atom. The van der Waals surface area contributed by atoms with Crippen LogP contribution in [0, 0.1) is 3.57 Å². The summed E-state index contributed by atoms with van der Waals surface area (Å²) in [6.07, 6.45) is 3.15. The Hall–Kier alpha value is -2.88. The van der Waals surface area contributed by atoms with Crippen LogP contribution in [0.5, 0.6) is 17.2 Å². The summed E-state index contributed by atoms with van der Waals surface area (Å²) in [7, 11) is 0. The summed E-state index contributed by atoms with van der Waals surface area (Å²) in [5, 5.41) is 14.8. The number of nitrogens with zero attached hydrogens (tertiary/aromatic N) is 2. The predicted octanol–water partition coefficient (Wildman–Crippen LogP) is 3.47. The number of nitrogens with one attached hydrogen (secondary N) is 1. The number of para-hydroxylation sites is 1. The Kier molecular flexibility index (Phi) is 6.64. The molecule has 28 heavy (non-hydrogen) atoms. The predicted molar refractivity (Wildman–Crippen MR) is 115 cm³/mol. The smallest absolute Gasteiger partial charge is 0.277 e. The van der Waals surface area contributed by atoms with Crippen LogP contribution in [0.4, 0.5) is 0 Å². The molecule has 3 aromatic rings. The Labute approximate surface area is 175 Å². The molecule has 7 nitrogen and oxygen atoms in total. The van der Waals surface area contributed by atoms with Crippen LogP contribution in [0.1, 0.15) is 12.5 Å². The highest BCUT2D eigenvalue weighted by atomic mass is 127. The van der Waals surface area contributed by atoms with Crippen LogP contribution < -0.4 is 14.9 Å². The lowest BCUT2D eigenvalue weighted by atomic mass is 10.2. The van der Waals surface area contributed by atoms with E-state index >= 15 is 0 Å². The molecule has 1 aromatic heterocycles. The Morgan fingerprint density at radius 2 is 2.07 bits per heavy atom. The molecule has 0 aliphatic carbocycles. The van der Waals surface area contributed by atoms with E-state index in [1.807, 2.05) is 53.8 Å². The van der Waals surface area contributed by atoms with E-state index in [0.29, 0.717) is 32.8 Å². The third-order valence-electron chi connectivity index (χ3n) is 3.71. The SMILES string of the molecule is CCOc1cc(/C=N\NC(=O)COc2cccc3cccnc23)cc(I)c1O. The molecule has 2 N–H and O–H groups in total. The second kappa shape index (κ2) is 9.36. The Balaban J connectivity index is 1.60. The largest absolute Gasteiger partial charge is 0.504 e. The minimum Gasteiger partial charge on any atom is -0.504 e. The summed E-state index contributed by atoms with van der Waals surface area (Å²) in [5.41, 5.74) is 3.80. The molecule has 0 aliphatic heterocycles. The van der Waals surface area contributed by atoms with Gasteiger partial charge in [-0.25, -0.2) is 5.43 Å². The number of carbonyl (C=O) groups excluding carboxylic acids is 1. The summed E-state index contributed by atoms with van der Waals surface area (Å²) < 4.78 is 11.6. The standard InChI is InChI=1S/C20H18IN3O4/c1-2-27-17-10-13(9-15(21)20(17)26)11-23-24-18(25)12-28-16-7-3-5-14-6-4-8-22-19(14)16/h3-11,26H,2,12H2,1H3,(H,24,25)/b23-11-. The van der Waals surface area contributed by atoms with Gasteiger partial charge in [-0.1, -0.05) is 18.2 Å². The van der Waals surface area contributed by atoms with Crippen LogP contribution in [-0.4, -0.2) is 35.4 Å². The number of pyridine rings is 1. The topological polar surface area (TPSA) is 93.0 Å². The van der Waals surface area contributed by atoms with Crippen molar-refractivity contribution in [1.29, 1.82) is 0 Å². The van der Waals surface area contributed by atoms with E-state index < -0.39 is 5.91 Å². The van der Waals surface area contributed by atoms with E-state index in [2.05, 4.69) is 15.5 Å². The number of hydrogen-bond donors (Lipinski definition) is 2. The van der Waals surface area contributed by atoms with Crippen molar-refractivity contribution in [2.45, 2.75) is 6.92 Å². The van der Waals surface area contributed by atoms with Gasteiger partial charge < -0.3 is 14.6 Å². The van der Waals surface area contributed by atoms with Gasteiger partial charge in [0.15, 0.2) is 18.1 Å². The number of hydrogen-bond acceptors (Lipinski definition) is 6. The highest BCUT2D eigenvalue weighted by Crippen LogP contribution is 2.32. The molecule has 0 aliphatic rings. The van der Waals surface area contributed by atoms with Gasteiger partial charge in [-0.3, -0.25) is 9.78 Å². The van der Waals surface area contributed by atoms with Crippen molar-refractivity contribution >= 4 is 45.6 Å². The van der Waals surface area contributed by atoms with Gasteiger partial charge in [-0.15, -0.1) is 0 Å². The van der Waals surface area contributed by atoms with Crippen LogP contribution in [-0.2, 0) is 4.79 Å². The molecule has 0 fully saturated rings. The fourth-order valence-electron chi connectivity index (χ4n) is 2.48. The lowest BCUT2D eigenvalue weighted by molar-refractivity contribution is -0.123. The number of phenolic OH excluding ortho intramolecular Hbond substituents is 1. The van der Waals surface area contributed by atoms with E-state index in [-0.39, 0.29) is 12.4 Å². The average molecular weight is 491 g/mol. The Morgan fingerprint density at radius 3 is 2.89 bits per heavy atom. The maximum absolute atomic E-state index is 12.0. The zero-order valence-corrected chi connectivity index (χ0v) is 17.2. The van der Waals surface area contributed by atoms with Gasteiger partial charge in [0.2, 0.25) is 0 Å². The monoisotopic (exact) mass is 491 g/mol. The van der Waals surface area contributed by atoms with E-state index in [9.17, 15) is 9.90 Å². The molecule has 1 amide bonds. The third-order valence-corrected chi connectivity index (χ3v) is 4.53. The number of aromatic nitrogens is 1. The number of rotatable bonds is 7. The molecule has 0 saturated heterocycles. The summed E-state index contributed by atoms with van der Waals surface area (Å²) in [4.78, 5) is 16.3. The molecule has 144 valence electrons. The summed E-state index contributed by atoms with van der Waals surface area (Å²) in [6.45, 7) is 2.07. The first-order valence-electron chi connectivity index (χ1n) is 8.52. The fourth-order valence-corrected chi connectivity index (χ4v) is 3.11. The Bertz CT molecular complexity index is 1020. The number of amides is 1. The van der Waals surface area contributed by atoms with Gasteiger partial charge in [0.1, 0.15) is 11.3 Å². The minimum absolute atomic E-state index is 0.0840. The molecule has 0 bridgehead atoms. The summed E-state index contributed by atoms with van der Waals surface area (Å²) in [6, 6.07) is 12.7. The van der Waals surface area contributed by atoms with Gasteiger partial charge in [-0.2, -0.15) is 5.10 Å². The van der Waals surface area contributed by atoms with E-state index in [4.69, 9.17) is 9.47 Å². The maximum atomic E-state index is 12.0. The van der Waals surface area contributed by atoms with Crippen LogP contribution in [0.25, 0.3) is 10.9 Å². The van der Waals surface area contributed by atoms with Gasteiger partial charge in [0.05, 0.1) is 16.4 Å². The van der Waals surface area contributed by atoms with E-state index in [1.165, 1.54) is 6.21 Å². The number of halogens is 1. The highest BCUT2D eigenvalue weighted by molar-refractivity contribution is 14.1. The van der Waals surface area contributed by atoms with Crippen molar-refractivity contribution in [2.24, 2.45) is 5.10 Å². The second-order valence-electron chi connectivity index (χ2n) is 5.70. The van der Waals surface area contributed by atoms with Gasteiger partial charge in [-0.05, 0) is 59.3 Å². The van der Waals surface area contributed by atoms with Crippen LogP contribution in [0.2, 0.25) is 0 Å². The average Bonchev–Trinajstić information content (AvgIpc) is 2.70. The molecule has 0 radical (unpaired) electrons. The second-order valence-corrected chi connectivity index (χ2v) is 6.86. The fraction of sp³-hybridized carbons (Fsp3) is 0.150. The van der Waals surface area contributed by atoms with Crippen LogP contribution in [0.3, 0.4) is 0 Å². The lowest BCUT2D eigenvalue weighted by Gasteiger charge is -2.08. The van der Waals surface area contributed by atoms with E-state index in [1.54, 1.807) is 24.4 Å². The molecule has 3 rings (SSSR count). The molecule has 0 spiro atoms. The zero-order chi connectivity index (χ0) is 19.9. The maximum Gasteiger partial charge on any atom is 0.277 e. The first kappa shape index (κ1) is 19.9. The number of fused-ring (bicyclic) bond motifs is 1. The van der Waals surface area contributed by atoms with Crippen molar-refractivity contribution in [3.8, 4) is 17.2 Å². The highest BCUT2D eigenvalue weighted by Gasteiger charge is 2.09. The first-order chi connectivity index (χ1) is 13.6. The molecule has 0 atom stereocenters. The van der Waals surface area contributed by atoms with Crippen molar-refractivity contribution < 1.29 is 19.4 Å². The van der Waals surface area contributed by atoms with Crippen LogP contribution >= 0.6 is 22.6 Å².